The van der Waals surface area contributed by atoms with Crippen LogP contribution in [0.2, 0.25) is 0 Å². The summed E-state index contributed by atoms with van der Waals surface area (Å²) >= 11 is 1.12. The van der Waals surface area contributed by atoms with Crippen LogP contribution in [0, 0.1) is 0 Å². The molecule has 0 radical (unpaired) electrons. The molecule has 0 aliphatic heterocycles. The van der Waals surface area contributed by atoms with Crippen LogP contribution in [0.1, 0.15) is 45.0 Å². The Bertz CT molecular complexity index is 1490. The lowest BCUT2D eigenvalue weighted by Gasteiger charge is -2.25. The molecule has 2 atom stereocenters. The molecule has 3 N–H and O–H groups in total. The van der Waals surface area contributed by atoms with Crippen molar-refractivity contribution in [1.82, 2.24) is 15.6 Å². The third kappa shape index (κ3) is 6.62. The van der Waals surface area contributed by atoms with Crippen molar-refractivity contribution < 1.29 is 29.0 Å². The van der Waals surface area contributed by atoms with Crippen molar-refractivity contribution in [3.8, 4) is 11.1 Å². The van der Waals surface area contributed by atoms with Gasteiger partial charge in [-0.3, -0.25) is 4.79 Å². The van der Waals surface area contributed by atoms with Crippen molar-refractivity contribution in [2.24, 2.45) is 0 Å². The van der Waals surface area contributed by atoms with Gasteiger partial charge in [0, 0.05) is 11.3 Å². The highest BCUT2D eigenvalue weighted by atomic mass is 32.1. The number of amides is 2. The minimum absolute atomic E-state index is 0.00501. The van der Waals surface area contributed by atoms with Gasteiger partial charge in [-0.05, 0) is 34.7 Å². The maximum atomic E-state index is 13.2. The Labute approximate surface area is 241 Å². The quantitative estimate of drug-likeness (QED) is 0.232. The van der Waals surface area contributed by atoms with Crippen molar-refractivity contribution in [3.63, 3.8) is 0 Å². The number of fused-ring (bicyclic) bond motifs is 3. The molecule has 0 spiro atoms. The fourth-order valence-electron chi connectivity index (χ4n) is 4.82. The van der Waals surface area contributed by atoms with Crippen molar-refractivity contribution in [1.29, 1.82) is 0 Å². The van der Waals surface area contributed by atoms with E-state index in [1.807, 2.05) is 66.7 Å². The van der Waals surface area contributed by atoms with Gasteiger partial charge in [0.15, 0.2) is 5.69 Å². The second-order valence-electron chi connectivity index (χ2n) is 9.60. The molecule has 2 amide bonds. The first kappa shape index (κ1) is 28.0. The number of nitrogens with one attached hydrogen (secondary N) is 2. The zero-order chi connectivity index (χ0) is 28.8. The van der Waals surface area contributed by atoms with Gasteiger partial charge in [-0.25, -0.2) is 14.6 Å². The number of carbonyl (C=O) groups is 3. The Morgan fingerprint density at radius 1 is 0.951 bits per heavy atom. The van der Waals surface area contributed by atoms with Crippen molar-refractivity contribution in [2.75, 3.05) is 6.61 Å². The predicted octanol–water partition coefficient (Wildman–Crippen LogP) is 4.97. The van der Waals surface area contributed by atoms with Crippen LogP contribution in [0.15, 0.2) is 84.2 Å². The summed E-state index contributed by atoms with van der Waals surface area (Å²) < 4.78 is 11.6. The Kier molecular flexibility index (Phi) is 8.71. The normalized spacial score (nSPS) is 13.5. The SMILES string of the molecule is C[C@H](OCc1ccccc1)[C@@H](NC(=O)OCC1c2ccccc2-c2ccccc21)C(=O)NCc1nc(C(=O)O)cs1. The Balaban J connectivity index is 1.25. The molecule has 0 bridgehead atoms. The summed E-state index contributed by atoms with van der Waals surface area (Å²) in [6.45, 7) is 2.05. The number of alkyl carbamates (subject to hydrolysis) is 1. The fraction of sp³-hybridized carbons (Fsp3) is 0.226. The summed E-state index contributed by atoms with van der Waals surface area (Å²) in [5.74, 6) is -1.77. The van der Waals surface area contributed by atoms with E-state index in [0.717, 1.165) is 39.2 Å². The molecule has 0 saturated carbocycles. The van der Waals surface area contributed by atoms with E-state index in [0.29, 0.717) is 5.01 Å². The topological polar surface area (TPSA) is 127 Å². The number of carbonyl (C=O) groups excluding carboxylic acids is 2. The number of carboxylic acid groups (broad SMARTS) is 1. The first-order valence-electron chi connectivity index (χ1n) is 13.1. The second-order valence-corrected chi connectivity index (χ2v) is 10.5. The largest absolute Gasteiger partial charge is 0.476 e. The number of ether oxygens (including phenoxy) is 2. The van der Waals surface area contributed by atoms with Crippen LogP contribution in [0.4, 0.5) is 4.79 Å². The van der Waals surface area contributed by atoms with Gasteiger partial charge in [-0.2, -0.15) is 0 Å². The van der Waals surface area contributed by atoms with Gasteiger partial charge in [-0.1, -0.05) is 78.9 Å². The van der Waals surface area contributed by atoms with E-state index in [9.17, 15) is 14.4 Å². The fourth-order valence-corrected chi connectivity index (χ4v) is 5.53. The molecule has 10 heteroatoms. The van der Waals surface area contributed by atoms with E-state index >= 15 is 0 Å². The third-order valence-corrected chi connectivity index (χ3v) is 7.76. The third-order valence-electron chi connectivity index (χ3n) is 6.91. The van der Waals surface area contributed by atoms with Gasteiger partial charge in [0.25, 0.3) is 0 Å². The number of aromatic carboxylic acids is 1. The van der Waals surface area contributed by atoms with E-state index in [4.69, 9.17) is 14.6 Å². The predicted molar refractivity (Wildman–Crippen MR) is 154 cm³/mol. The molecular weight excluding hydrogens is 542 g/mol. The molecule has 1 aliphatic rings. The van der Waals surface area contributed by atoms with Gasteiger partial charge >= 0.3 is 12.1 Å². The highest BCUT2D eigenvalue weighted by molar-refractivity contribution is 7.09. The molecule has 3 aromatic carbocycles. The van der Waals surface area contributed by atoms with Gasteiger partial charge < -0.3 is 25.2 Å². The second kappa shape index (κ2) is 12.8. The maximum absolute atomic E-state index is 13.2. The van der Waals surface area contributed by atoms with E-state index < -0.39 is 30.1 Å². The summed E-state index contributed by atoms with van der Waals surface area (Å²) in [6.07, 6.45) is -1.45. The smallest absolute Gasteiger partial charge is 0.407 e. The number of aromatic nitrogens is 1. The van der Waals surface area contributed by atoms with Crippen LogP contribution in [0.5, 0.6) is 0 Å². The van der Waals surface area contributed by atoms with E-state index in [-0.39, 0.29) is 31.4 Å². The average molecular weight is 572 g/mol. The molecule has 0 unspecified atom stereocenters. The molecule has 1 heterocycles. The van der Waals surface area contributed by atoms with Gasteiger partial charge in [0.2, 0.25) is 5.91 Å². The minimum atomic E-state index is -1.14. The Hall–Kier alpha value is -4.54. The Morgan fingerprint density at radius 2 is 1.59 bits per heavy atom. The van der Waals surface area contributed by atoms with Gasteiger partial charge in [-0.15, -0.1) is 11.3 Å². The molecule has 1 aromatic heterocycles. The minimum Gasteiger partial charge on any atom is -0.476 e. The summed E-state index contributed by atoms with van der Waals surface area (Å²) in [6, 6.07) is 24.5. The molecule has 0 fully saturated rings. The van der Waals surface area contributed by atoms with E-state index in [1.165, 1.54) is 5.38 Å². The van der Waals surface area contributed by atoms with Gasteiger partial charge in [0.05, 0.1) is 19.3 Å². The monoisotopic (exact) mass is 571 g/mol. The van der Waals surface area contributed by atoms with E-state index in [2.05, 4.69) is 27.8 Å². The molecule has 210 valence electrons. The van der Waals surface area contributed by atoms with Gasteiger partial charge in [0.1, 0.15) is 17.7 Å². The standard InChI is InChI=1S/C31H29N3O6S/c1-19(39-16-20-9-3-2-4-10-20)28(29(35)32-15-27-33-26(18-41-27)30(36)37)34-31(38)40-17-25-23-13-7-5-11-21(23)22-12-6-8-14-24(22)25/h2-14,18-19,25,28H,15-17H2,1H3,(H,32,35)(H,34,38)(H,36,37)/t19-,28+/m0/s1. The lowest BCUT2D eigenvalue weighted by atomic mass is 9.98. The molecule has 4 aromatic rings. The number of hydrogen-bond acceptors (Lipinski definition) is 7. The first-order chi connectivity index (χ1) is 19.9. The number of hydrogen-bond donors (Lipinski definition) is 3. The summed E-state index contributed by atoms with van der Waals surface area (Å²) in [7, 11) is 0. The zero-order valence-electron chi connectivity index (χ0n) is 22.3. The van der Waals surface area contributed by atoms with Crippen LogP contribution in [0.25, 0.3) is 11.1 Å². The van der Waals surface area contributed by atoms with Crippen LogP contribution in [0.3, 0.4) is 0 Å². The highest BCUT2D eigenvalue weighted by Crippen LogP contribution is 2.44. The van der Waals surface area contributed by atoms with Crippen LogP contribution in [-0.4, -0.2) is 46.8 Å². The van der Waals surface area contributed by atoms with Crippen molar-refractivity contribution in [3.05, 3.63) is 112 Å². The molecule has 1 aliphatic carbocycles. The summed E-state index contributed by atoms with van der Waals surface area (Å²) in [4.78, 5) is 41.4. The van der Waals surface area contributed by atoms with Crippen molar-refractivity contribution in [2.45, 2.75) is 38.1 Å². The van der Waals surface area contributed by atoms with Crippen molar-refractivity contribution >= 4 is 29.3 Å². The number of thiazole rings is 1. The highest BCUT2D eigenvalue weighted by Gasteiger charge is 2.31. The average Bonchev–Trinajstić information content (AvgIpc) is 3.60. The maximum Gasteiger partial charge on any atom is 0.407 e. The summed E-state index contributed by atoms with van der Waals surface area (Å²) in [5.41, 5.74) is 5.23. The number of carboxylic acids is 1. The Morgan fingerprint density at radius 3 is 2.22 bits per heavy atom. The lowest BCUT2D eigenvalue weighted by molar-refractivity contribution is -0.127. The van der Waals surface area contributed by atoms with E-state index in [1.54, 1.807) is 6.92 Å². The lowest BCUT2D eigenvalue weighted by Crippen LogP contribution is -2.53. The van der Waals surface area contributed by atoms with Crippen LogP contribution < -0.4 is 10.6 Å². The molecule has 9 nitrogen and oxygen atoms in total. The van der Waals surface area contributed by atoms with Crippen LogP contribution in [-0.2, 0) is 27.4 Å². The number of nitrogens with zero attached hydrogens (tertiary/aromatic N) is 1. The zero-order valence-corrected chi connectivity index (χ0v) is 23.1. The number of rotatable bonds is 11. The summed E-state index contributed by atoms with van der Waals surface area (Å²) in [5, 5.41) is 16.3. The first-order valence-corrected chi connectivity index (χ1v) is 14.0. The number of benzene rings is 3. The van der Waals surface area contributed by atoms with Crippen LogP contribution >= 0.6 is 11.3 Å². The molecule has 41 heavy (non-hydrogen) atoms. The molecular formula is C31H29N3O6S. The molecule has 0 saturated heterocycles. The molecule has 5 rings (SSSR count).